The minimum atomic E-state index is 0.880. The van der Waals surface area contributed by atoms with E-state index in [2.05, 4.69) is 13.8 Å². The van der Waals surface area contributed by atoms with Crippen LogP contribution in [-0.2, 0) is 0 Å². The Morgan fingerprint density at radius 1 is 1.50 bits per heavy atom. The zero-order valence-electron chi connectivity index (χ0n) is 5.52. The Hall–Kier alpha value is 0. The van der Waals surface area contributed by atoms with Crippen LogP contribution in [0.4, 0.5) is 0 Å². The Morgan fingerprint density at radius 2 is 2.25 bits per heavy atom. The van der Waals surface area contributed by atoms with Crippen molar-refractivity contribution in [1.29, 1.82) is 0 Å². The van der Waals surface area contributed by atoms with Crippen LogP contribution in [0.5, 0.6) is 0 Å². The zero-order chi connectivity index (χ0) is 5.52. The molecule has 3 aliphatic rings. The maximum atomic E-state index is 2.48. The summed E-state index contributed by atoms with van der Waals surface area (Å²) in [6.45, 7) is 4.92. The molecule has 0 spiro atoms. The van der Waals surface area contributed by atoms with E-state index in [4.69, 9.17) is 0 Å². The van der Waals surface area contributed by atoms with Gasteiger partial charge in [-0.15, -0.1) is 0 Å². The molecule has 3 fully saturated rings. The minimum absolute atomic E-state index is 0.880. The maximum Gasteiger partial charge on any atom is -0.0232 e. The molecule has 0 bridgehead atoms. The van der Waals surface area contributed by atoms with Gasteiger partial charge in [-0.25, -0.2) is 0 Å². The first-order valence-electron chi connectivity index (χ1n) is 3.76. The van der Waals surface area contributed by atoms with Crippen LogP contribution in [0.1, 0.15) is 20.3 Å². The molecule has 5 unspecified atom stereocenters. The van der Waals surface area contributed by atoms with E-state index >= 15 is 0 Å². The van der Waals surface area contributed by atoms with Crippen molar-refractivity contribution in [3.05, 3.63) is 0 Å². The van der Waals surface area contributed by atoms with E-state index in [1.165, 1.54) is 17.8 Å². The third-order valence-electron chi connectivity index (χ3n) is 4.45. The second-order valence-electron chi connectivity index (χ2n) is 4.19. The summed E-state index contributed by atoms with van der Waals surface area (Å²) in [5.41, 5.74) is 0.880. The average Bonchev–Trinajstić information content (AvgIpc) is 1.80. The van der Waals surface area contributed by atoms with Crippen molar-refractivity contribution in [2.24, 2.45) is 29.1 Å². The molecular weight excluding hydrogens is 96.1 g/mol. The average molecular weight is 108 g/mol. The molecule has 3 rings (SSSR count). The molecule has 0 amide bonds. The monoisotopic (exact) mass is 108 g/mol. The van der Waals surface area contributed by atoms with Gasteiger partial charge in [-0.05, 0) is 35.5 Å². The number of hydrogen-bond donors (Lipinski definition) is 0. The molecule has 0 aliphatic heterocycles. The summed E-state index contributed by atoms with van der Waals surface area (Å²) in [6.07, 6.45) is 1.59. The van der Waals surface area contributed by atoms with Crippen LogP contribution in [-0.4, -0.2) is 0 Å². The van der Waals surface area contributed by atoms with Gasteiger partial charge in [0.05, 0.1) is 0 Å². The number of rotatable bonds is 0. The molecule has 0 heteroatoms. The van der Waals surface area contributed by atoms with Crippen LogP contribution in [0.2, 0.25) is 0 Å². The van der Waals surface area contributed by atoms with Crippen molar-refractivity contribution in [3.8, 4) is 0 Å². The lowest BCUT2D eigenvalue weighted by Gasteiger charge is -2.39. The molecule has 3 aliphatic carbocycles. The summed E-state index contributed by atoms with van der Waals surface area (Å²) in [7, 11) is 0. The Labute approximate surface area is 50.3 Å². The van der Waals surface area contributed by atoms with Gasteiger partial charge < -0.3 is 0 Å². The van der Waals surface area contributed by atoms with Crippen LogP contribution in [0.15, 0.2) is 0 Å². The van der Waals surface area contributed by atoms with Crippen molar-refractivity contribution in [1.82, 2.24) is 0 Å². The Balaban J connectivity index is 2.10. The fraction of sp³-hybridized carbons (Fsp3) is 1.00. The molecule has 0 aromatic rings. The smallest absolute Gasteiger partial charge is 0.0232 e. The third kappa shape index (κ3) is 0.146. The van der Waals surface area contributed by atoms with Gasteiger partial charge in [0.1, 0.15) is 0 Å². The SMILES string of the molecule is CC1C2CC3C2C13C. The predicted molar refractivity (Wildman–Crippen MR) is 32.4 cm³/mol. The number of fused-ring (bicyclic) bond motifs is 1. The molecule has 0 radical (unpaired) electrons. The first kappa shape index (κ1) is 3.92. The van der Waals surface area contributed by atoms with Gasteiger partial charge in [-0.2, -0.15) is 0 Å². The second kappa shape index (κ2) is 0.698. The molecule has 0 N–H and O–H groups in total. The second-order valence-corrected chi connectivity index (χ2v) is 4.19. The van der Waals surface area contributed by atoms with Gasteiger partial charge in [0.2, 0.25) is 0 Å². The fourth-order valence-electron chi connectivity index (χ4n) is 3.56. The largest absolute Gasteiger partial charge is 0.0617 e. The van der Waals surface area contributed by atoms with Gasteiger partial charge in [-0.3, -0.25) is 0 Å². The Kier molecular flexibility index (Phi) is 0.342. The first-order valence-corrected chi connectivity index (χ1v) is 3.76. The van der Waals surface area contributed by atoms with E-state index < -0.39 is 0 Å². The maximum absolute atomic E-state index is 2.48. The highest BCUT2D eigenvalue weighted by Crippen LogP contribution is 2.88. The van der Waals surface area contributed by atoms with Crippen LogP contribution < -0.4 is 0 Å². The van der Waals surface area contributed by atoms with Gasteiger partial charge in [0.25, 0.3) is 0 Å². The molecule has 0 aromatic heterocycles. The van der Waals surface area contributed by atoms with Crippen molar-refractivity contribution in [2.75, 3.05) is 0 Å². The summed E-state index contributed by atoms with van der Waals surface area (Å²) >= 11 is 0. The molecule has 44 valence electrons. The van der Waals surface area contributed by atoms with Crippen LogP contribution in [0.25, 0.3) is 0 Å². The fourth-order valence-corrected chi connectivity index (χ4v) is 3.56. The van der Waals surface area contributed by atoms with Crippen LogP contribution in [0.3, 0.4) is 0 Å². The van der Waals surface area contributed by atoms with E-state index in [0.29, 0.717) is 0 Å². The van der Waals surface area contributed by atoms with E-state index in [1.54, 1.807) is 6.42 Å². The Bertz CT molecular complexity index is 151. The van der Waals surface area contributed by atoms with Crippen molar-refractivity contribution < 1.29 is 0 Å². The van der Waals surface area contributed by atoms with Gasteiger partial charge in [0.15, 0.2) is 0 Å². The lowest BCUT2D eigenvalue weighted by Crippen LogP contribution is -2.33. The summed E-state index contributed by atoms with van der Waals surface area (Å²) in [6, 6.07) is 0. The predicted octanol–water partition coefficient (Wildman–Crippen LogP) is 1.91. The number of hydrogen-bond acceptors (Lipinski definition) is 0. The highest BCUT2D eigenvalue weighted by molar-refractivity contribution is 5.30. The third-order valence-corrected chi connectivity index (χ3v) is 4.45. The Morgan fingerprint density at radius 3 is 2.38 bits per heavy atom. The molecule has 0 saturated heterocycles. The first-order chi connectivity index (χ1) is 3.76. The van der Waals surface area contributed by atoms with Crippen LogP contribution >= 0.6 is 0 Å². The minimum Gasteiger partial charge on any atom is -0.0617 e. The van der Waals surface area contributed by atoms with E-state index in [1.807, 2.05) is 0 Å². The molecule has 5 atom stereocenters. The highest BCUT2D eigenvalue weighted by Gasteiger charge is 2.83. The molecule has 3 saturated carbocycles. The molecule has 0 aromatic carbocycles. The molecular formula is C8H12. The highest BCUT2D eigenvalue weighted by atomic mass is 14.9. The summed E-state index contributed by atoms with van der Waals surface area (Å²) < 4.78 is 0. The van der Waals surface area contributed by atoms with Crippen molar-refractivity contribution in [2.45, 2.75) is 20.3 Å². The molecule has 0 heterocycles. The van der Waals surface area contributed by atoms with Gasteiger partial charge in [-0.1, -0.05) is 13.8 Å². The van der Waals surface area contributed by atoms with E-state index in [9.17, 15) is 0 Å². The summed E-state index contributed by atoms with van der Waals surface area (Å²) in [5.74, 6) is 4.70. The van der Waals surface area contributed by atoms with Crippen molar-refractivity contribution >= 4 is 0 Å². The van der Waals surface area contributed by atoms with Gasteiger partial charge >= 0.3 is 0 Å². The normalized spacial score (nSPS) is 81.8. The zero-order valence-corrected chi connectivity index (χ0v) is 5.52. The van der Waals surface area contributed by atoms with Crippen LogP contribution in [0, 0.1) is 29.1 Å². The topological polar surface area (TPSA) is 0 Å². The molecule has 0 nitrogen and oxygen atoms in total. The quantitative estimate of drug-likeness (QED) is 0.444. The standard InChI is InChI=1S/C8H12/c1-4-5-3-6-7(5)8(4,6)2/h4-7H,3H2,1-2H3. The van der Waals surface area contributed by atoms with Gasteiger partial charge in [0, 0.05) is 0 Å². The summed E-state index contributed by atoms with van der Waals surface area (Å²) in [4.78, 5) is 0. The lowest BCUT2D eigenvalue weighted by molar-refractivity contribution is 0.0920. The van der Waals surface area contributed by atoms with Crippen molar-refractivity contribution in [3.63, 3.8) is 0 Å². The lowest BCUT2D eigenvalue weighted by atomic mass is 9.66. The summed E-state index contributed by atoms with van der Waals surface area (Å²) in [5, 5.41) is 0. The molecule has 8 heavy (non-hydrogen) atoms. The van der Waals surface area contributed by atoms with E-state index in [-0.39, 0.29) is 0 Å². The van der Waals surface area contributed by atoms with E-state index in [0.717, 1.165) is 11.3 Å².